The maximum Gasteiger partial charge on any atom is 0.229 e. The Kier molecular flexibility index (Phi) is 4.91. The normalized spacial score (nSPS) is 10.8. The van der Waals surface area contributed by atoms with Crippen LogP contribution in [-0.4, -0.2) is 30.2 Å². The van der Waals surface area contributed by atoms with Gasteiger partial charge >= 0.3 is 0 Å². The Morgan fingerprint density at radius 3 is 2.50 bits per heavy atom. The lowest BCUT2D eigenvalue weighted by Gasteiger charge is -2.12. The Bertz CT molecular complexity index is 828. The number of hydrogen-bond donors (Lipinski definition) is 2. The molecule has 0 atom stereocenters. The monoisotopic (exact) mass is 322 g/mol. The van der Waals surface area contributed by atoms with Crippen LogP contribution in [0.15, 0.2) is 42.5 Å². The average molecular weight is 322 g/mol. The van der Waals surface area contributed by atoms with Crippen molar-refractivity contribution >= 4 is 28.4 Å². The molecule has 3 aromatic rings. The molecule has 1 aromatic heterocycles. The summed E-state index contributed by atoms with van der Waals surface area (Å²) in [5.74, 6) is 1.39. The number of nitrogens with zero attached hydrogens (tertiary/aromatic N) is 2. The van der Waals surface area contributed by atoms with Crippen LogP contribution in [0.5, 0.6) is 0 Å². The van der Waals surface area contributed by atoms with Gasteiger partial charge in [0.1, 0.15) is 5.82 Å². The predicted octanol–water partition coefficient (Wildman–Crippen LogP) is 4.05. The molecule has 0 radical (unpaired) electrons. The number of rotatable bonds is 6. The quantitative estimate of drug-likeness (QED) is 0.671. The molecule has 3 rings (SSSR count). The van der Waals surface area contributed by atoms with Crippen LogP contribution in [0.1, 0.15) is 11.1 Å². The molecule has 0 aliphatic carbocycles. The van der Waals surface area contributed by atoms with E-state index in [0.29, 0.717) is 19.1 Å². The molecule has 2 N–H and O–H groups in total. The molecule has 0 aliphatic heterocycles. The first-order chi connectivity index (χ1) is 11.7. The first kappa shape index (κ1) is 16.2. The zero-order chi connectivity index (χ0) is 16.9. The zero-order valence-electron chi connectivity index (χ0n) is 14.3. The van der Waals surface area contributed by atoms with E-state index in [-0.39, 0.29) is 0 Å². The van der Waals surface area contributed by atoms with E-state index in [1.165, 1.54) is 11.1 Å². The van der Waals surface area contributed by atoms with Gasteiger partial charge in [-0.2, -0.15) is 4.98 Å². The van der Waals surface area contributed by atoms with E-state index >= 15 is 0 Å². The van der Waals surface area contributed by atoms with Crippen molar-refractivity contribution in [2.75, 3.05) is 30.9 Å². The maximum atomic E-state index is 5.11. The van der Waals surface area contributed by atoms with Crippen molar-refractivity contribution in [3.8, 4) is 0 Å². The van der Waals surface area contributed by atoms with Crippen molar-refractivity contribution in [1.29, 1.82) is 0 Å². The Labute approximate surface area is 142 Å². The summed E-state index contributed by atoms with van der Waals surface area (Å²) < 4.78 is 5.11. The van der Waals surface area contributed by atoms with Crippen LogP contribution in [0.2, 0.25) is 0 Å². The number of ether oxygens (including phenoxy) is 1. The molecular weight excluding hydrogens is 300 g/mol. The fraction of sp³-hybridized carbons (Fsp3) is 0.263. The minimum absolute atomic E-state index is 0.582. The number of aryl methyl sites for hydroxylation is 2. The summed E-state index contributed by atoms with van der Waals surface area (Å²) in [7, 11) is 1.69. The van der Waals surface area contributed by atoms with Crippen molar-refractivity contribution < 1.29 is 4.74 Å². The Balaban J connectivity index is 1.95. The molecule has 0 spiro atoms. The number of nitrogens with one attached hydrogen (secondary N) is 2. The van der Waals surface area contributed by atoms with Gasteiger partial charge in [-0.25, -0.2) is 4.98 Å². The molecule has 0 saturated carbocycles. The second-order valence-corrected chi connectivity index (χ2v) is 5.83. The van der Waals surface area contributed by atoms with Crippen LogP contribution in [0, 0.1) is 13.8 Å². The highest BCUT2D eigenvalue weighted by atomic mass is 16.5. The van der Waals surface area contributed by atoms with Crippen LogP contribution >= 0.6 is 0 Å². The molecule has 5 nitrogen and oxygen atoms in total. The van der Waals surface area contributed by atoms with E-state index in [2.05, 4.69) is 52.6 Å². The van der Waals surface area contributed by atoms with Crippen LogP contribution in [0.25, 0.3) is 10.9 Å². The lowest BCUT2D eigenvalue weighted by atomic mass is 10.1. The van der Waals surface area contributed by atoms with Gasteiger partial charge in [0, 0.05) is 24.7 Å². The molecular formula is C19H22N4O. The first-order valence-corrected chi connectivity index (χ1v) is 8.00. The van der Waals surface area contributed by atoms with E-state index in [1.54, 1.807) is 7.11 Å². The molecule has 0 unspecified atom stereocenters. The second kappa shape index (κ2) is 7.27. The minimum atomic E-state index is 0.582. The molecule has 0 saturated heterocycles. The lowest BCUT2D eigenvalue weighted by Crippen LogP contribution is -2.10. The third kappa shape index (κ3) is 3.81. The summed E-state index contributed by atoms with van der Waals surface area (Å²) in [5, 5.41) is 7.64. The van der Waals surface area contributed by atoms with Gasteiger partial charge in [-0.1, -0.05) is 18.2 Å². The van der Waals surface area contributed by atoms with Crippen LogP contribution in [-0.2, 0) is 4.74 Å². The fourth-order valence-corrected chi connectivity index (χ4v) is 2.71. The number of methoxy groups -OCH3 is 1. The number of fused-ring (bicyclic) bond motifs is 1. The molecule has 1 heterocycles. The van der Waals surface area contributed by atoms with Gasteiger partial charge in [0.05, 0.1) is 12.1 Å². The van der Waals surface area contributed by atoms with E-state index in [4.69, 9.17) is 4.74 Å². The molecule has 0 amide bonds. The summed E-state index contributed by atoms with van der Waals surface area (Å²) in [6, 6.07) is 14.3. The van der Waals surface area contributed by atoms with E-state index in [0.717, 1.165) is 22.4 Å². The van der Waals surface area contributed by atoms with Crippen molar-refractivity contribution in [1.82, 2.24) is 9.97 Å². The highest BCUT2D eigenvalue weighted by Crippen LogP contribution is 2.24. The molecule has 124 valence electrons. The minimum Gasteiger partial charge on any atom is -0.383 e. The molecule has 5 heteroatoms. The van der Waals surface area contributed by atoms with E-state index < -0.39 is 0 Å². The SMILES string of the molecule is COCCNc1nc(Nc2cc(C)cc(C)c2)nc2ccccc12. The zero-order valence-corrected chi connectivity index (χ0v) is 14.3. The van der Waals surface area contributed by atoms with Crippen molar-refractivity contribution in [2.45, 2.75) is 13.8 Å². The predicted molar refractivity (Wildman–Crippen MR) is 99.1 cm³/mol. The summed E-state index contributed by atoms with van der Waals surface area (Å²) in [5.41, 5.74) is 4.30. The standard InChI is InChI=1S/C19H22N4O/c1-13-10-14(2)12-15(11-13)21-19-22-17-7-5-4-6-16(17)18(23-19)20-8-9-24-3/h4-7,10-12H,8-9H2,1-3H3,(H2,20,21,22,23). The van der Waals surface area contributed by atoms with E-state index in [9.17, 15) is 0 Å². The molecule has 2 aromatic carbocycles. The van der Waals surface area contributed by atoms with Gasteiger partial charge in [-0.05, 0) is 49.2 Å². The maximum absolute atomic E-state index is 5.11. The number of hydrogen-bond acceptors (Lipinski definition) is 5. The van der Waals surface area contributed by atoms with Gasteiger partial charge in [0.2, 0.25) is 5.95 Å². The number of anilines is 3. The summed E-state index contributed by atoms with van der Waals surface area (Å²) in [6.07, 6.45) is 0. The second-order valence-electron chi connectivity index (χ2n) is 5.83. The topological polar surface area (TPSA) is 59.1 Å². The largest absolute Gasteiger partial charge is 0.383 e. The van der Waals surface area contributed by atoms with Crippen molar-refractivity contribution in [3.05, 3.63) is 53.6 Å². The molecule has 0 bridgehead atoms. The summed E-state index contributed by atoms with van der Waals surface area (Å²) in [6.45, 7) is 5.48. The molecule has 24 heavy (non-hydrogen) atoms. The van der Waals surface area contributed by atoms with Gasteiger partial charge in [0.25, 0.3) is 0 Å². The Morgan fingerprint density at radius 1 is 1.00 bits per heavy atom. The smallest absolute Gasteiger partial charge is 0.229 e. The van der Waals surface area contributed by atoms with Gasteiger partial charge in [-0.15, -0.1) is 0 Å². The Hall–Kier alpha value is -2.66. The number of aromatic nitrogens is 2. The third-order valence-electron chi connectivity index (χ3n) is 3.68. The van der Waals surface area contributed by atoms with Crippen LogP contribution in [0.3, 0.4) is 0 Å². The summed E-state index contributed by atoms with van der Waals surface area (Å²) >= 11 is 0. The highest BCUT2D eigenvalue weighted by Gasteiger charge is 2.08. The number of para-hydroxylation sites is 1. The lowest BCUT2D eigenvalue weighted by molar-refractivity contribution is 0.210. The molecule has 0 fully saturated rings. The van der Waals surface area contributed by atoms with Crippen molar-refractivity contribution in [2.24, 2.45) is 0 Å². The van der Waals surface area contributed by atoms with Crippen LogP contribution in [0.4, 0.5) is 17.5 Å². The fourth-order valence-electron chi connectivity index (χ4n) is 2.71. The molecule has 0 aliphatic rings. The number of benzene rings is 2. The highest BCUT2D eigenvalue weighted by molar-refractivity contribution is 5.90. The summed E-state index contributed by atoms with van der Waals surface area (Å²) in [4.78, 5) is 9.26. The van der Waals surface area contributed by atoms with Crippen LogP contribution < -0.4 is 10.6 Å². The van der Waals surface area contributed by atoms with E-state index in [1.807, 2.05) is 24.3 Å². The van der Waals surface area contributed by atoms with Gasteiger partial charge in [0.15, 0.2) is 0 Å². The third-order valence-corrected chi connectivity index (χ3v) is 3.68. The average Bonchev–Trinajstić information content (AvgIpc) is 2.54. The van der Waals surface area contributed by atoms with Gasteiger partial charge in [-0.3, -0.25) is 0 Å². The Morgan fingerprint density at radius 2 is 1.75 bits per heavy atom. The first-order valence-electron chi connectivity index (χ1n) is 8.00. The van der Waals surface area contributed by atoms with Gasteiger partial charge < -0.3 is 15.4 Å². The van der Waals surface area contributed by atoms with Crippen molar-refractivity contribution in [3.63, 3.8) is 0 Å².